The van der Waals surface area contributed by atoms with Gasteiger partial charge in [-0.3, -0.25) is 9.59 Å². The summed E-state index contributed by atoms with van der Waals surface area (Å²) in [4.78, 5) is 38.8. The van der Waals surface area contributed by atoms with Gasteiger partial charge in [0.2, 0.25) is 0 Å². The van der Waals surface area contributed by atoms with Gasteiger partial charge < -0.3 is 30.0 Å². The van der Waals surface area contributed by atoms with Gasteiger partial charge in [0.1, 0.15) is 0 Å². The molecule has 0 amide bonds. The molecular formula is C10H14O8Zn. The Morgan fingerprint density at radius 3 is 1.11 bits per heavy atom. The molecule has 0 aromatic rings. The minimum Gasteiger partial charge on any atom is -0.550 e. The van der Waals surface area contributed by atoms with E-state index >= 15 is 0 Å². The molecule has 0 radical (unpaired) electrons. The molecule has 0 atom stereocenters. The summed E-state index contributed by atoms with van der Waals surface area (Å²) in [7, 11) is 0. The van der Waals surface area contributed by atoms with Crippen LogP contribution in [0.25, 0.3) is 0 Å². The van der Waals surface area contributed by atoms with E-state index in [1.807, 2.05) is 0 Å². The molecule has 104 valence electrons. The van der Waals surface area contributed by atoms with E-state index in [0.29, 0.717) is 12.8 Å². The average Bonchev–Trinajstić information content (AvgIpc) is 2.22. The van der Waals surface area contributed by atoms with Gasteiger partial charge in [0.25, 0.3) is 0 Å². The van der Waals surface area contributed by atoms with Gasteiger partial charge >= 0.3 is 31.4 Å². The summed E-state index contributed by atoms with van der Waals surface area (Å²) >= 11 is 0. The average molecular weight is 328 g/mol. The molecule has 0 fully saturated rings. The van der Waals surface area contributed by atoms with Crippen molar-refractivity contribution in [3.63, 3.8) is 0 Å². The quantitative estimate of drug-likeness (QED) is 0.382. The first-order chi connectivity index (χ1) is 8.25. The maximum atomic E-state index is 9.77. The molecule has 8 nitrogen and oxygen atoms in total. The van der Waals surface area contributed by atoms with Gasteiger partial charge in [0.05, 0.1) is 12.8 Å². The van der Waals surface area contributed by atoms with Crippen molar-refractivity contribution < 1.29 is 59.1 Å². The molecule has 9 heteroatoms. The van der Waals surface area contributed by atoms with Crippen molar-refractivity contribution in [3.8, 4) is 0 Å². The molecule has 0 aliphatic carbocycles. The number of hydrogen-bond acceptors (Lipinski definition) is 6. The third kappa shape index (κ3) is 31.5. The summed E-state index contributed by atoms with van der Waals surface area (Å²) < 4.78 is 0. The summed E-state index contributed by atoms with van der Waals surface area (Å²) in [5.74, 6) is -4.43. The number of aliphatic carboxylic acids is 4. The monoisotopic (exact) mass is 326 g/mol. The van der Waals surface area contributed by atoms with Gasteiger partial charge in [0.15, 0.2) is 0 Å². The van der Waals surface area contributed by atoms with Crippen LogP contribution in [0.1, 0.15) is 38.5 Å². The van der Waals surface area contributed by atoms with Crippen LogP contribution in [-0.4, -0.2) is 34.1 Å². The summed E-state index contributed by atoms with van der Waals surface area (Å²) in [6.45, 7) is 0. The number of carbonyl (C=O) groups is 4. The second-order valence-corrected chi connectivity index (χ2v) is 3.24. The molecule has 0 saturated heterocycles. The number of carboxylic acids is 4. The van der Waals surface area contributed by atoms with E-state index in [2.05, 4.69) is 0 Å². The Balaban J connectivity index is -0.000000262. The summed E-state index contributed by atoms with van der Waals surface area (Å²) in [5, 5.41) is 35.3. The van der Waals surface area contributed by atoms with Crippen LogP contribution in [0.3, 0.4) is 0 Å². The largest absolute Gasteiger partial charge is 2.00 e. The second-order valence-electron chi connectivity index (χ2n) is 3.24. The van der Waals surface area contributed by atoms with Crippen LogP contribution in [0.4, 0.5) is 0 Å². The van der Waals surface area contributed by atoms with Gasteiger partial charge in [-0.05, 0) is 25.7 Å². The van der Waals surface area contributed by atoms with Gasteiger partial charge in [-0.2, -0.15) is 0 Å². The van der Waals surface area contributed by atoms with E-state index in [-0.39, 0.29) is 45.2 Å². The van der Waals surface area contributed by atoms with Crippen molar-refractivity contribution in [2.75, 3.05) is 0 Å². The second kappa shape index (κ2) is 14.6. The third-order valence-electron chi connectivity index (χ3n) is 1.56. The van der Waals surface area contributed by atoms with Crippen LogP contribution >= 0.6 is 0 Å². The molecule has 0 spiro atoms. The van der Waals surface area contributed by atoms with Gasteiger partial charge in [-0.1, -0.05) is 0 Å². The maximum absolute atomic E-state index is 9.77. The minimum atomic E-state index is -1.14. The van der Waals surface area contributed by atoms with Gasteiger partial charge in [-0.15, -0.1) is 0 Å². The van der Waals surface area contributed by atoms with E-state index in [4.69, 9.17) is 10.2 Å². The van der Waals surface area contributed by atoms with Crippen molar-refractivity contribution >= 4 is 23.9 Å². The number of hydrogen-bond donors (Lipinski definition) is 2. The first-order valence-electron chi connectivity index (χ1n) is 5.09. The van der Waals surface area contributed by atoms with Crippen LogP contribution in [-0.2, 0) is 38.7 Å². The molecular weight excluding hydrogens is 313 g/mol. The SMILES string of the molecule is O=C(O)CCC(=O)O.O=C([O-])CCCCC(=O)[O-].[Zn+2]. The van der Waals surface area contributed by atoms with Crippen LogP contribution in [0.15, 0.2) is 0 Å². The molecule has 0 aromatic heterocycles. The zero-order chi connectivity index (χ0) is 14.6. The summed E-state index contributed by atoms with van der Waals surface area (Å²) in [6.07, 6.45) is -0.0577. The summed E-state index contributed by atoms with van der Waals surface area (Å²) in [5.41, 5.74) is 0. The van der Waals surface area contributed by atoms with Crippen LogP contribution in [0, 0.1) is 0 Å². The predicted octanol–water partition coefficient (Wildman–Crippen LogP) is -2.02. The van der Waals surface area contributed by atoms with Crippen molar-refractivity contribution in [2.45, 2.75) is 38.5 Å². The van der Waals surface area contributed by atoms with E-state index in [0.717, 1.165) is 0 Å². The fourth-order valence-corrected chi connectivity index (χ4v) is 0.753. The number of carbonyl (C=O) groups excluding carboxylic acids is 2. The van der Waals surface area contributed by atoms with Crippen molar-refractivity contribution in [3.05, 3.63) is 0 Å². The Hall–Kier alpha value is -1.50. The van der Waals surface area contributed by atoms with E-state index in [1.54, 1.807) is 0 Å². The zero-order valence-corrected chi connectivity index (χ0v) is 13.3. The molecule has 0 bridgehead atoms. The van der Waals surface area contributed by atoms with Crippen molar-refractivity contribution in [2.24, 2.45) is 0 Å². The molecule has 0 aliphatic heterocycles. The molecule has 0 aromatic carbocycles. The van der Waals surface area contributed by atoms with Crippen LogP contribution in [0.2, 0.25) is 0 Å². The van der Waals surface area contributed by atoms with Gasteiger partial charge in [0, 0.05) is 11.9 Å². The smallest absolute Gasteiger partial charge is 0.550 e. The standard InChI is InChI=1S/C6H10O4.C4H6O4.Zn/c7-5(8)3-1-2-4-6(9)10;5-3(6)1-2-4(7)8;/h1-4H2,(H,7,8)(H,9,10);1-2H2,(H,5,6)(H,7,8);/q;;+2/p-2. The van der Waals surface area contributed by atoms with Crippen LogP contribution in [0.5, 0.6) is 0 Å². The first kappa shape index (κ1) is 22.7. The third-order valence-corrected chi connectivity index (χ3v) is 1.56. The summed E-state index contributed by atoms with van der Waals surface area (Å²) in [6, 6.07) is 0. The van der Waals surface area contributed by atoms with E-state index in [1.165, 1.54) is 0 Å². The first-order valence-corrected chi connectivity index (χ1v) is 5.09. The molecule has 2 N–H and O–H groups in total. The number of rotatable bonds is 8. The van der Waals surface area contributed by atoms with Gasteiger partial charge in [-0.25, -0.2) is 0 Å². The Kier molecular flexibility index (Phi) is 17.4. The Bertz CT molecular complexity index is 272. The van der Waals surface area contributed by atoms with E-state index in [9.17, 15) is 29.4 Å². The predicted molar refractivity (Wildman–Crippen MR) is 53.0 cm³/mol. The number of carboxylic acid groups (broad SMARTS) is 4. The van der Waals surface area contributed by atoms with E-state index < -0.39 is 23.9 Å². The Morgan fingerprint density at radius 2 is 0.947 bits per heavy atom. The normalized spacial score (nSPS) is 8.42. The molecule has 0 rings (SSSR count). The molecule has 0 heterocycles. The van der Waals surface area contributed by atoms with Crippen molar-refractivity contribution in [1.82, 2.24) is 0 Å². The zero-order valence-electron chi connectivity index (χ0n) is 10.3. The molecule has 0 unspecified atom stereocenters. The Labute approximate surface area is 122 Å². The topological polar surface area (TPSA) is 155 Å². The fourth-order valence-electron chi connectivity index (χ4n) is 0.753. The minimum absolute atomic E-state index is 0. The molecule has 0 aliphatic rings. The Morgan fingerprint density at radius 1 is 0.684 bits per heavy atom. The fraction of sp³-hybridized carbons (Fsp3) is 0.600. The molecule has 0 saturated carbocycles. The number of unbranched alkanes of at least 4 members (excludes halogenated alkanes) is 1. The van der Waals surface area contributed by atoms with Crippen LogP contribution < -0.4 is 10.2 Å². The van der Waals surface area contributed by atoms with Crippen molar-refractivity contribution in [1.29, 1.82) is 0 Å². The maximum Gasteiger partial charge on any atom is 2.00 e. The molecule has 19 heavy (non-hydrogen) atoms.